The lowest BCUT2D eigenvalue weighted by molar-refractivity contribution is -0.142. The third-order valence-corrected chi connectivity index (χ3v) is 5.65. The summed E-state index contributed by atoms with van der Waals surface area (Å²) in [4.78, 5) is 29.7. The van der Waals surface area contributed by atoms with Crippen LogP contribution in [0.15, 0.2) is 48.5 Å². The van der Waals surface area contributed by atoms with Gasteiger partial charge in [-0.1, -0.05) is 44.2 Å². The van der Waals surface area contributed by atoms with Crippen molar-refractivity contribution in [2.45, 2.75) is 25.9 Å². The van der Waals surface area contributed by atoms with Crippen molar-refractivity contribution in [3.05, 3.63) is 54.1 Å². The number of hydrogen-bond donors (Lipinski definition) is 1. The quantitative estimate of drug-likeness (QED) is 0.801. The summed E-state index contributed by atoms with van der Waals surface area (Å²) in [6, 6.07) is 15.4. The average Bonchev–Trinajstić information content (AvgIpc) is 2.79. The molecule has 0 bridgehead atoms. The maximum atomic E-state index is 13.0. The molecule has 2 aliphatic rings. The van der Waals surface area contributed by atoms with E-state index in [0.29, 0.717) is 44.5 Å². The summed E-state index contributed by atoms with van der Waals surface area (Å²) in [5, 5.41) is 3.04. The molecule has 7 nitrogen and oxygen atoms in total. The van der Waals surface area contributed by atoms with E-state index < -0.39 is 6.10 Å². The molecule has 2 aliphatic heterocycles. The first-order valence-electron chi connectivity index (χ1n) is 10.8. The predicted molar refractivity (Wildman–Crippen MR) is 120 cm³/mol. The van der Waals surface area contributed by atoms with E-state index >= 15 is 0 Å². The number of rotatable bonds is 5. The Morgan fingerprint density at radius 1 is 1.06 bits per heavy atom. The van der Waals surface area contributed by atoms with Crippen molar-refractivity contribution in [2.24, 2.45) is 0 Å². The molecule has 4 rings (SSSR count). The fraction of sp³-hybridized carbons (Fsp3) is 0.417. The number of nitrogens with one attached hydrogen (secondary N) is 1. The summed E-state index contributed by atoms with van der Waals surface area (Å²) in [5.74, 6) is 0.739. The van der Waals surface area contributed by atoms with Crippen molar-refractivity contribution in [3.8, 4) is 5.75 Å². The molecule has 2 heterocycles. The Labute approximate surface area is 182 Å². The van der Waals surface area contributed by atoms with Crippen LogP contribution in [0.25, 0.3) is 0 Å². The molecule has 0 radical (unpaired) electrons. The SMILES string of the molecule is CC(C)c1ccccc1NC(=O)CN1CC(C(=O)N2CCOCC2)Oc2ccccc21. The van der Waals surface area contributed by atoms with E-state index in [0.717, 1.165) is 16.9 Å². The molecule has 1 fully saturated rings. The molecule has 1 saturated heterocycles. The zero-order valence-corrected chi connectivity index (χ0v) is 18.0. The number of anilines is 2. The van der Waals surface area contributed by atoms with Gasteiger partial charge in [0.15, 0.2) is 6.10 Å². The molecule has 2 amide bonds. The highest BCUT2D eigenvalue weighted by Crippen LogP contribution is 2.33. The van der Waals surface area contributed by atoms with Gasteiger partial charge in [0.05, 0.1) is 32.0 Å². The highest BCUT2D eigenvalue weighted by molar-refractivity contribution is 5.95. The van der Waals surface area contributed by atoms with E-state index in [9.17, 15) is 9.59 Å². The zero-order valence-electron chi connectivity index (χ0n) is 18.0. The van der Waals surface area contributed by atoms with Crippen molar-refractivity contribution < 1.29 is 19.1 Å². The van der Waals surface area contributed by atoms with E-state index in [1.807, 2.05) is 53.4 Å². The lowest BCUT2D eigenvalue weighted by Gasteiger charge is -2.38. The Balaban J connectivity index is 1.50. The highest BCUT2D eigenvalue weighted by Gasteiger charge is 2.34. The summed E-state index contributed by atoms with van der Waals surface area (Å²) < 4.78 is 11.4. The number of ether oxygens (including phenoxy) is 2. The van der Waals surface area contributed by atoms with Gasteiger partial charge in [0.25, 0.3) is 5.91 Å². The van der Waals surface area contributed by atoms with Gasteiger partial charge < -0.3 is 24.6 Å². The number of benzene rings is 2. The topological polar surface area (TPSA) is 71.1 Å². The second-order valence-corrected chi connectivity index (χ2v) is 8.18. The Kier molecular flexibility index (Phi) is 6.42. The number of morpholine rings is 1. The van der Waals surface area contributed by atoms with E-state index in [-0.39, 0.29) is 18.4 Å². The summed E-state index contributed by atoms with van der Waals surface area (Å²) in [6.45, 7) is 6.87. The fourth-order valence-corrected chi connectivity index (χ4v) is 4.05. The molecule has 1 atom stereocenters. The summed E-state index contributed by atoms with van der Waals surface area (Å²) >= 11 is 0. The Morgan fingerprint density at radius 3 is 2.55 bits per heavy atom. The molecule has 1 unspecified atom stereocenters. The molecule has 0 spiro atoms. The number of fused-ring (bicyclic) bond motifs is 1. The Bertz CT molecular complexity index is 940. The van der Waals surface area contributed by atoms with Crippen LogP contribution in [0.3, 0.4) is 0 Å². The van der Waals surface area contributed by atoms with E-state index in [2.05, 4.69) is 19.2 Å². The maximum absolute atomic E-state index is 13.0. The first-order chi connectivity index (χ1) is 15.0. The van der Waals surface area contributed by atoms with Crippen LogP contribution in [0.1, 0.15) is 25.3 Å². The van der Waals surface area contributed by atoms with E-state index in [1.165, 1.54) is 0 Å². The van der Waals surface area contributed by atoms with Crippen molar-refractivity contribution in [1.82, 2.24) is 4.90 Å². The molecule has 2 aromatic carbocycles. The average molecular weight is 424 g/mol. The minimum absolute atomic E-state index is 0.0617. The van der Waals surface area contributed by atoms with Gasteiger partial charge in [0.1, 0.15) is 5.75 Å². The van der Waals surface area contributed by atoms with Crippen LogP contribution >= 0.6 is 0 Å². The Morgan fingerprint density at radius 2 is 1.77 bits per heavy atom. The standard InChI is InChI=1S/C24H29N3O4/c1-17(2)18-7-3-4-8-19(18)25-23(28)16-27-15-22(24(29)26-11-13-30-14-12-26)31-21-10-6-5-9-20(21)27/h3-10,17,22H,11-16H2,1-2H3,(H,25,28). The second kappa shape index (κ2) is 9.39. The minimum Gasteiger partial charge on any atom is -0.477 e. The largest absolute Gasteiger partial charge is 0.477 e. The molecule has 2 aromatic rings. The maximum Gasteiger partial charge on any atom is 0.265 e. The third kappa shape index (κ3) is 4.82. The normalized spacial score (nSPS) is 18.4. The van der Waals surface area contributed by atoms with Gasteiger partial charge in [0.2, 0.25) is 5.91 Å². The van der Waals surface area contributed by atoms with Crippen LogP contribution in [0.2, 0.25) is 0 Å². The van der Waals surface area contributed by atoms with Gasteiger partial charge in [-0.2, -0.15) is 0 Å². The molecule has 31 heavy (non-hydrogen) atoms. The number of para-hydroxylation sites is 3. The monoisotopic (exact) mass is 423 g/mol. The smallest absolute Gasteiger partial charge is 0.265 e. The third-order valence-electron chi connectivity index (χ3n) is 5.65. The van der Waals surface area contributed by atoms with Gasteiger partial charge in [0, 0.05) is 18.8 Å². The van der Waals surface area contributed by atoms with Gasteiger partial charge in [-0.25, -0.2) is 0 Å². The summed E-state index contributed by atoms with van der Waals surface area (Å²) in [6.07, 6.45) is -0.649. The lowest BCUT2D eigenvalue weighted by Crippen LogP contribution is -2.53. The first kappa shape index (κ1) is 21.2. The molecule has 7 heteroatoms. The van der Waals surface area contributed by atoms with Crippen LogP contribution in [-0.4, -0.2) is 62.2 Å². The van der Waals surface area contributed by atoms with Crippen molar-refractivity contribution in [2.75, 3.05) is 49.6 Å². The highest BCUT2D eigenvalue weighted by atomic mass is 16.5. The first-order valence-corrected chi connectivity index (χ1v) is 10.8. The van der Waals surface area contributed by atoms with Gasteiger partial charge in [-0.05, 0) is 29.7 Å². The van der Waals surface area contributed by atoms with Crippen molar-refractivity contribution in [1.29, 1.82) is 0 Å². The van der Waals surface area contributed by atoms with Crippen LogP contribution in [0, 0.1) is 0 Å². The van der Waals surface area contributed by atoms with Gasteiger partial charge >= 0.3 is 0 Å². The van der Waals surface area contributed by atoms with Crippen LogP contribution < -0.4 is 15.0 Å². The molecule has 164 valence electrons. The van der Waals surface area contributed by atoms with Crippen molar-refractivity contribution in [3.63, 3.8) is 0 Å². The fourth-order valence-electron chi connectivity index (χ4n) is 4.05. The lowest BCUT2D eigenvalue weighted by atomic mass is 10.0. The number of nitrogens with zero attached hydrogens (tertiary/aromatic N) is 2. The molecular formula is C24H29N3O4. The second-order valence-electron chi connectivity index (χ2n) is 8.18. The van der Waals surface area contributed by atoms with Gasteiger partial charge in [-0.3, -0.25) is 9.59 Å². The molecule has 0 aromatic heterocycles. The van der Waals surface area contributed by atoms with Crippen LogP contribution in [-0.2, 0) is 14.3 Å². The number of hydrogen-bond acceptors (Lipinski definition) is 5. The molecule has 0 saturated carbocycles. The summed E-state index contributed by atoms with van der Waals surface area (Å²) in [7, 11) is 0. The van der Waals surface area contributed by atoms with Gasteiger partial charge in [-0.15, -0.1) is 0 Å². The Hall–Kier alpha value is -3.06. The zero-order chi connectivity index (χ0) is 21.8. The minimum atomic E-state index is -0.649. The molecular weight excluding hydrogens is 394 g/mol. The number of carbonyl (C=O) groups is 2. The summed E-state index contributed by atoms with van der Waals surface area (Å²) in [5.41, 5.74) is 2.74. The van der Waals surface area contributed by atoms with Crippen LogP contribution in [0.5, 0.6) is 5.75 Å². The predicted octanol–water partition coefficient (Wildman–Crippen LogP) is 2.87. The van der Waals surface area contributed by atoms with Crippen LogP contribution in [0.4, 0.5) is 11.4 Å². The molecule has 1 N–H and O–H groups in total. The number of amides is 2. The van der Waals surface area contributed by atoms with Crippen molar-refractivity contribution >= 4 is 23.2 Å². The number of carbonyl (C=O) groups excluding carboxylic acids is 2. The molecule has 0 aliphatic carbocycles. The van der Waals surface area contributed by atoms with E-state index in [1.54, 1.807) is 4.90 Å². The van der Waals surface area contributed by atoms with E-state index in [4.69, 9.17) is 9.47 Å².